The quantitative estimate of drug-likeness (QED) is 0.621. The molecule has 3 N–H and O–H groups in total. The van der Waals surface area contributed by atoms with E-state index in [2.05, 4.69) is 10.3 Å². The molecular formula is C12H19N3O5. The lowest BCUT2D eigenvalue weighted by Crippen LogP contribution is -2.34. The van der Waals surface area contributed by atoms with Crippen molar-refractivity contribution in [2.75, 3.05) is 18.5 Å². The summed E-state index contributed by atoms with van der Waals surface area (Å²) in [6.07, 6.45) is 0.498. The van der Waals surface area contributed by atoms with Crippen LogP contribution in [0.5, 0.6) is 0 Å². The number of nitrogens with zero attached hydrogens (tertiary/aromatic N) is 2. The number of anilines is 1. The average molecular weight is 285 g/mol. The number of carbonyl (C=O) groups excluding carboxylic acids is 1. The van der Waals surface area contributed by atoms with E-state index in [9.17, 15) is 14.7 Å². The molecule has 1 amide bonds. The van der Waals surface area contributed by atoms with Gasteiger partial charge in [-0.05, 0) is 12.5 Å². The molecule has 1 heterocycles. The number of aromatic nitrogens is 2. The maximum absolute atomic E-state index is 11.8. The standard InChI is InChI=1S/C12H19N3O5/c1-3-9(6-16)20-11(7-17)15-5-4-10(13-8(2)18)14-12(15)19/h4-5,9,11,16-17H,3,6-7H2,1-2H3,(H,13,14,18,19)/t9-,11-/m1/s1. The minimum absolute atomic E-state index is 0.129. The molecule has 0 bridgehead atoms. The monoisotopic (exact) mass is 285 g/mol. The van der Waals surface area contributed by atoms with E-state index in [-0.39, 0.29) is 18.3 Å². The van der Waals surface area contributed by atoms with Gasteiger partial charge in [0.05, 0.1) is 19.3 Å². The van der Waals surface area contributed by atoms with E-state index in [4.69, 9.17) is 9.84 Å². The van der Waals surface area contributed by atoms with Crippen LogP contribution in [0, 0.1) is 0 Å². The lowest BCUT2D eigenvalue weighted by Gasteiger charge is -2.22. The van der Waals surface area contributed by atoms with Crippen LogP contribution < -0.4 is 11.0 Å². The van der Waals surface area contributed by atoms with Gasteiger partial charge in [0, 0.05) is 13.1 Å². The number of aliphatic hydroxyl groups excluding tert-OH is 2. The molecule has 8 heteroatoms. The van der Waals surface area contributed by atoms with E-state index in [0.29, 0.717) is 6.42 Å². The Hall–Kier alpha value is -1.77. The summed E-state index contributed by atoms with van der Waals surface area (Å²) in [7, 11) is 0. The van der Waals surface area contributed by atoms with Gasteiger partial charge in [-0.2, -0.15) is 4.98 Å². The van der Waals surface area contributed by atoms with Crippen molar-refractivity contribution in [2.24, 2.45) is 0 Å². The lowest BCUT2D eigenvalue weighted by molar-refractivity contribution is -0.114. The Balaban J connectivity index is 2.93. The van der Waals surface area contributed by atoms with Gasteiger partial charge in [0.15, 0.2) is 6.23 Å². The summed E-state index contributed by atoms with van der Waals surface area (Å²) in [5.41, 5.74) is -0.664. The molecule has 0 saturated carbocycles. The zero-order valence-corrected chi connectivity index (χ0v) is 11.4. The lowest BCUT2D eigenvalue weighted by atomic mass is 10.3. The molecule has 0 fully saturated rings. The molecule has 112 valence electrons. The van der Waals surface area contributed by atoms with Gasteiger partial charge in [0.1, 0.15) is 5.82 Å². The Morgan fingerprint density at radius 3 is 2.65 bits per heavy atom. The molecule has 1 aromatic heterocycles. The largest absolute Gasteiger partial charge is 0.394 e. The van der Waals surface area contributed by atoms with Crippen LogP contribution in [0.2, 0.25) is 0 Å². The number of nitrogens with one attached hydrogen (secondary N) is 1. The zero-order valence-electron chi connectivity index (χ0n) is 11.4. The fourth-order valence-electron chi connectivity index (χ4n) is 1.57. The minimum atomic E-state index is -0.932. The summed E-state index contributed by atoms with van der Waals surface area (Å²) in [4.78, 5) is 26.4. The molecular weight excluding hydrogens is 266 g/mol. The van der Waals surface area contributed by atoms with Gasteiger partial charge in [-0.1, -0.05) is 6.92 Å². The third-order valence-corrected chi connectivity index (χ3v) is 2.61. The van der Waals surface area contributed by atoms with Gasteiger partial charge in [-0.3, -0.25) is 9.36 Å². The Bertz CT molecular complexity index is 498. The van der Waals surface area contributed by atoms with Gasteiger partial charge in [-0.15, -0.1) is 0 Å². The molecule has 0 radical (unpaired) electrons. The highest BCUT2D eigenvalue weighted by molar-refractivity contribution is 5.87. The second-order valence-electron chi connectivity index (χ2n) is 4.17. The summed E-state index contributed by atoms with van der Waals surface area (Å²) in [5, 5.41) is 20.8. The number of hydrogen-bond acceptors (Lipinski definition) is 6. The minimum Gasteiger partial charge on any atom is -0.394 e. The van der Waals surface area contributed by atoms with Gasteiger partial charge in [0.2, 0.25) is 5.91 Å². The maximum Gasteiger partial charge on any atom is 0.351 e. The van der Waals surface area contributed by atoms with Crippen molar-refractivity contribution in [1.82, 2.24) is 9.55 Å². The first kappa shape index (κ1) is 16.3. The Morgan fingerprint density at radius 2 is 2.20 bits per heavy atom. The van der Waals surface area contributed by atoms with E-state index < -0.39 is 24.6 Å². The molecule has 1 aromatic rings. The van der Waals surface area contributed by atoms with Gasteiger partial charge in [0.25, 0.3) is 0 Å². The first-order valence-corrected chi connectivity index (χ1v) is 6.25. The van der Waals surface area contributed by atoms with Crippen molar-refractivity contribution in [1.29, 1.82) is 0 Å². The molecule has 0 aromatic carbocycles. The van der Waals surface area contributed by atoms with Crippen LogP contribution in [0.4, 0.5) is 5.82 Å². The van der Waals surface area contributed by atoms with Crippen LogP contribution in [0.25, 0.3) is 0 Å². The molecule has 8 nitrogen and oxygen atoms in total. The Labute approximate surface area is 116 Å². The van der Waals surface area contributed by atoms with Crippen LogP contribution in [-0.4, -0.2) is 45.0 Å². The van der Waals surface area contributed by atoms with Crippen LogP contribution in [0.1, 0.15) is 26.5 Å². The zero-order chi connectivity index (χ0) is 15.1. The topological polar surface area (TPSA) is 114 Å². The van der Waals surface area contributed by atoms with Gasteiger partial charge >= 0.3 is 5.69 Å². The fourth-order valence-corrected chi connectivity index (χ4v) is 1.57. The molecule has 2 atom stereocenters. The van der Waals surface area contributed by atoms with Crippen molar-refractivity contribution in [3.8, 4) is 0 Å². The van der Waals surface area contributed by atoms with E-state index in [0.717, 1.165) is 4.57 Å². The predicted octanol–water partition coefficient (Wildman–Crippen LogP) is -0.520. The fraction of sp³-hybridized carbons (Fsp3) is 0.583. The highest BCUT2D eigenvalue weighted by atomic mass is 16.5. The van der Waals surface area contributed by atoms with Crippen molar-refractivity contribution >= 4 is 11.7 Å². The number of carbonyl (C=O) groups is 1. The number of amides is 1. The molecule has 1 rings (SSSR count). The predicted molar refractivity (Wildman–Crippen MR) is 71.2 cm³/mol. The molecule has 0 aliphatic rings. The van der Waals surface area contributed by atoms with Crippen LogP contribution >= 0.6 is 0 Å². The highest BCUT2D eigenvalue weighted by Gasteiger charge is 2.17. The van der Waals surface area contributed by atoms with Crippen molar-refractivity contribution < 1.29 is 19.7 Å². The number of ether oxygens (including phenoxy) is 1. The first-order chi connectivity index (χ1) is 9.51. The summed E-state index contributed by atoms with van der Waals surface area (Å²) < 4.78 is 6.52. The normalized spacial score (nSPS) is 13.8. The number of hydrogen-bond donors (Lipinski definition) is 3. The smallest absolute Gasteiger partial charge is 0.351 e. The van der Waals surface area contributed by atoms with Crippen molar-refractivity contribution in [2.45, 2.75) is 32.6 Å². The molecule has 20 heavy (non-hydrogen) atoms. The third-order valence-electron chi connectivity index (χ3n) is 2.61. The van der Waals surface area contributed by atoms with Crippen LogP contribution in [0.15, 0.2) is 17.1 Å². The molecule has 0 unspecified atom stereocenters. The van der Waals surface area contributed by atoms with Crippen LogP contribution in [-0.2, 0) is 9.53 Å². The SMILES string of the molecule is CC[C@H](CO)O[C@H](CO)n1ccc(NC(C)=O)nc1=O. The van der Waals surface area contributed by atoms with Crippen LogP contribution in [0.3, 0.4) is 0 Å². The number of rotatable bonds is 7. The first-order valence-electron chi connectivity index (χ1n) is 6.25. The van der Waals surface area contributed by atoms with E-state index in [1.165, 1.54) is 19.2 Å². The molecule has 0 saturated heterocycles. The average Bonchev–Trinajstić information content (AvgIpc) is 2.41. The summed E-state index contributed by atoms with van der Waals surface area (Å²) >= 11 is 0. The molecule has 0 aliphatic heterocycles. The van der Waals surface area contributed by atoms with E-state index >= 15 is 0 Å². The maximum atomic E-state index is 11.8. The third kappa shape index (κ3) is 4.41. The second-order valence-corrected chi connectivity index (χ2v) is 4.17. The van der Waals surface area contributed by atoms with Crippen molar-refractivity contribution in [3.05, 3.63) is 22.7 Å². The molecule has 0 aliphatic carbocycles. The van der Waals surface area contributed by atoms with E-state index in [1.54, 1.807) is 0 Å². The summed E-state index contributed by atoms with van der Waals surface area (Å²) in [6, 6.07) is 1.43. The Kier molecular flexibility index (Phi) is 6.29. The van der Waals surface area contributed by atoms with E-state index in [1.807, 2.05) is 6.92 Å². The van der Waals surface area contributed by atoms with Crippen molar-refractivity contribution in [3.63, 3.8) is 0 Å². The van der Waals surface area contributed by atoms with Gasteiger partial charge in [-0.25, -0.2) is 4.79 Å². The number of aliphatic hydroxyl groups is 2. The molecule has 0 spiro atoms. The summed E-state index contributed by atoms with van der Waals surface area (Å²) in [5.74, 6) is -0.208. The summed E-state index contributed by atoms with van der Waals surface area (Å²) in [6.45, 7) is 2.48. The second kappa shape index (κ2) is 7.73. The van der Waals surface area contributed by atoms with Gasteiger partial charge < -0.3 is 20.3 Å². The highest BCUT2D eigenvalue weighted by Crippen LogP contribution is 2.11. The Morgan fingerprint density at radius 1 is 1.50 bits per heavy atom.